The first kappa shape index (κ1) is 24.6. The van der Waals surface area contributed by atoms with Crippen LogP contribution in [0, 0.1) is 10.8 Å². The van der Waals surface area contributed by atoms with Crippen LogP contribution in [0.1, 0.15) is 100.0 Å². The van der Waals surface area contributed by atoms with Gasteiger partial charge in [-0.05, 0) is 78.2 Å². The minimum atomic E-state index is 0.172. The van der Waals surface area contributed by atoms with E-state index in [4.69, 9.17) is 0 Å². The highest BCUT2D eigenvalue weighted by Crippen LogP contribution is 2.41. The lowest BCUT2D eigenvalue weighted by molar-refractivity contribution is 0.411. The lowest BCUT2D eigenvalue weighted by atomic mass is 9.77. The number of hydrogen-bond donors (Lipinski definition) is 0. The fourth-order valence-corrected chi connectivity index (χ4v) is 4.67. The summed E-state index contributed by atoms with van der Waals surface area (Å²) in [6.07, 6.45) is 15.2. The maximum Gasteiger partial charge on any atom is 0.0455 e. The largest absolute Gasteiger partial charge is 0.318 e. The van der Waals surface area contributed by atoms with Gasteiger partial charge in [0, 0.05) is 17.1 Å². The molecule has 1 aromatic rings. The maximum absolute atomic E-state index is 2.54. The second kappa shape index (κ2) is 9.08. The number of anilines is 1. The molecular weight excluding hydrogens is 386 g/mol. The van der Waals surface area contributed by atoms with Gasteiger partial charge in [-0.15, -0.1) is 0 Å². The average Bonchev–Trinajstić information content (AvgIpc) is 2.74. The molecule has 3 rings (SSSR count). The molecule has 0 heterocycles. The molecule has 0 bridgehead atoms. The van der Waals surface area contributed by atoms with E-state index in [0.717, 1.165) is 25.7 Å². The topological polar surface area (TPSA) is 3.24 Å². The number of hydrogen-bond acceptors (Lipinski definition) is 1. The fraction of sp³-hybridized carbons (Fsp3) is 0.548. The molecule has 2 aliphatic rings. The summed E-state index contributed by atoms with van der Waals surface area (Å²) in [4.78, 5) is 2.54. The third-order valence-corrected chi connectivity index (χ3v) is 7.54. The predicted octanol–water partition coefficient (Wildman–Crippen LogP) is 9.48. The van der Waals surface area contributed by atoms with E-state index >= 15 is 0 Å². The van der Waals surface area contributed by atoms with Crippen molar-refractivity contribution in [3.8, 4) is 0 Å². The summed E-state index contributed by atoms with van der Waals surface area (Å²) in [5.41, 5.74) is 9.35. The van der Waals surface area contributed by atoms with Gasteiger partial charge >= 0.3 is 0 Å². The van der Waals surface area contributed by atoms with Gasteiger partial charge in [0.05, 0.1) is 0 Å². The van der Waals surface area contributed by atoms with Crippen LogP contribution in [0.25, 0.3) is 0 Å². The van der Waals surface area contributed by atoms with Gasteiger partial charge in [0.1, 0.15) is 0 Å². The van der Waals surface area contributed by atoms with Gasteiger partial charge in [0.25, 0.3) is 0 Å². The lowest BCUT2D eigenvalue weighted by Crippen LogP contribution is -2.26. The van der Waals surface area contributed by atoms with Gasteiger partial charge in [-0.1, -0.05) is 97.7 Å². The van der Waals surface area contributed by atoms with Crippen molar-refractivity contribution in [1.82, 2.24) is 0 Å². The quantitative estimate of drug-likeness (QED) is 0.448. The number of benzene rings is 1. The van der Waals surface area contributed by atoms with Gasteiger partial charge in [-0.3, -0.25) is 0 Å². The molecule has 0 radical (unpaired) electrons. The number of allylic oxidation sites excluding steroid dienone is 8. The summed E-state index contributed by atoms with van der Waals surface area (Å²) in [6.45, 7) is 20.9. The van der Waals surface area contributed by atoms with E-state index in [1.807, 2.05) is 0 Å². The van der Waals surface area contributed by atoms with Crippen molar-refractivity contribution in [3.05, 3.63) is 76.7 Å². The third-order valence-electron chi connectivity index (χ3n) is 7.54. The van der Waals surface area contributed by atoms with Crippen LogP contribution in [0.3, 0.4) is 0 Å². The van der Waals surface area contributed by atoms with Crippen LogP contribution in [-0.4, -0.2) is 0 Å². The molecule has 1 aromatic carbocycles. The molecule has 174 valence electrons. The summed E-state index contributed by atoms with van der Waals surface area (Å²) in [7, 11) is 0. The zero-order chi connectivity index (χ0) is 23.7. The highest BCUT2D eigenvalue weighted by Gasteiger charge is 2.27. The highest BCUT2D eigenvalue weighted by atomic mass is 15.2. The van der Waals surface area contributed by atoms with Gasteiger partial charge in [0.2, 0.25) is 0 Å². The second-order valence-corrected chi connectivity index (χ2v) is 12.3. The fourth-order valence-electron chi connectivity index (χ4n) is 4.67. The Hall–Kier alpha value is -2.02. The van der Waals surface area contributed by atoms with Crippen molar-refractivity contribution < 1.29 is 0 Å². The summed E-state index contributed by atoms with van der Waals surface area (Å²) >= 11 is 0. The molecule has 0 spiro atoms. The number of nitrogens with zero attached hydrogens (tertiary/aromatic N) is 1. The molecule has 0 N–H and O–H groups in total. The highest BCUT2D eigenvalue weighted by molar-refractivity contribution is 5.61. The van der Waals surface area contributed by atoms with Crippen molar-refractivity contribution in [2.75, 3.05) is 4.90 Å². The van der Waals surface area contributed by atoms with Crippen molar-refractivity contribution in [2.24, 2.45) is 10.8 Å². The smallest absolute Gasteiger partial charge is 0.0455 e. The Kier molecular flexibility index (Phi) is 6.99. The average molecular weight is 432 g/mol. The Labute approximate surface area is 198 Å². The van der Waals surface area contributed by atoms with Crippen molar-refractivity contribution in [2.45, 2.75) is 99.8 Å². The lowest BCUT2D eigenvalue weighted by Gasteiger charge is -2.36. The Morgan fingerprint density at radius 3 is 1.50 bits per heavy atom. The van der Waals surface area contributed by atoms with E-state index < -0.39 is 0 Å². The second-order valence-electron chi connectivity index (χ2n) is 12.3. The van der Waals surface area contributed by atoms with Gasteiger partial charge in [-0.2, -0.15) is 0 Å². The summed E-state index contributed by atoms with van der Waals surface area (Å²) in [5, 5.41) is 0. The molecule has 1 nitrogen and oxygen atoms in total. The summed E-state index contributed by atoms with van der Waals surface area (Å²) < 4.78 is 0. The molecule has 0 unspecified atom stereocenters. The molecular formula is C31H45N. The Bertz CT molecular complexity index is 934. The zero-order valence-corrected chi connectivity index (χ0v) is 22.1. The van der Waals surface area contributed by atoms with Gasteiger partial charge < -0.3 is 4.90 Å². The van der Waals surface area contributed by atoms with Crippen molar-refractivity contribution >= 4 is 5.69 Å². The predicted molar refractivity (Wildman–Crippen MR) is 142 cm³/mol. The third kappa shape index (κ3) is 5.48. The Morgan fingerprint density at radius 1 is 0.625 bits per heavy atom. The Balaban J connectivity index is 2.02. The van der Waals surface area contributed by atoms with E-state index in [2.05, 4.69) is 116 Å². The molecule has 1 heteroatoms. The van der Waals surface area contributed by atoms with Crippen LogP contribution in [0.4, 0.5) is 5.69 Å². The van der Waals surface area contributed by atoms with Gasteiger partial charge in [0.15, 0.2) is 0 Å². The molecule has 0 fully saturated rings. The molecule has 0 atom stereocenters. The Morgan fingerprint density at radius 2 is 1.12 bits per heavy atom. The zero-order valence-electron chi connectivity index (χ0n) is 22.1. The first-order chi connectivity index (χ1) is 14.8. The van der Waals surface area contributed by atoms with Crippen LogP contribution in [0.15, 0.2) is 71.1 Å². The van der Waals surface area contributed by atoms with Crippen LogP contribution >= 0.6 is 0 Å². The van der Waals surface area contributed by atoms with E-state index in [0.29, 0.717) is 0 Å². The van der Waals surface area contributed by atoms with E-state index in [1.54, 1.807) is 11.1 Å². The molecule has 0 saturated heterocycles. The molecule has 32 heavy (non-hydrogen) atoms. The van der Waals surface area contributed by atoms with Gasteiger partial charge in [-0.25, -0.2) is 0 Å². The summed E-state index contributed by atoms with van der Waals surface area (Å²) in [5.74, 6) is 0. The van der Waals surface area contributed by atoms with E-state index in [-0.39, 0.29) is 16.2 Å². The van der Waals surface area contributed by atoms with Crippen molar-refractivity contribution in [1.29, 1.82) is 0 Å². The monoisotopic (exact) mass is 431 g/mol. The number of rotatable bonds is 5. The molecule has 0 aromatic heterocycles. The maximum atomic E-state index is 2.54. The minimum Gasteiger partial charge on any atom is -0.318 e. The summed E-state index contributed by atoms with van der Waals surface area (Å²) in [6, 6.07) is 9.26. The van der Waals surface area contributed by atoms with E-state index in [9.17, 15) is 0 Å². The van der Waals surface area contributed by atoms with Crippen molar-refractivity contribution in [3.63, 3.8) is 0 Å². The van der Waals surface area contributed by atoms with Crippen LogP contribution < -0.4 is 4.90 Å². The first-order valence-electron chi connectivity index (χ1n) is 12.5. The first-order valence-corrected chi connectivity index (χ1v) is 12.5. The normalized spacial score (nSPS) is 17.9. The van der Waals surface area contributed by atoms with Crippen LogP contribution in [0.2, 0.25) is 0 Å². The van der Waals surface area contributed by atoms with Crippen LogP contribution in [-0.2, 0) is 5.41 Å². The molecule has 0 aliphatic heterocycles. The standard InChI is InChI=1S/C31H45N/c1-10-31(8,9)25-15-21-28(22-16-25)32(26-17-11-23(12-18-26)29(2,3)4)27-19-13-24(14-20-27)30(5,6)7/h11-13,15,17-19,21H,10,14,16,20,22H2,1-9H3. The molecule has 2 aliphatic carbocycles. The SMILES string of the molecule is CCC(C)(C)C1=CC=C(N(C2=CC=C(C(C)(C)C)CC2)c2ccc(C(C)(C)C)cc2)CC1. The van der Waals surface area contributed by atoms with E-state index in [1.165, 1.54) is 29.1 Å². The molecule has 0 saturated carbocycles. The molecule has 0 amide bonds. The van der Waals surface area contributed by atoms with Crippen LogP contribution in [0.5, 0.6) is 0 Å². The minimum absolute atomic E-state index is 0.172.